The van der Waals surface area contributed by atoms with Crippen LogP contribution in [-0.2, 0) is 11.2 Å². The van der Waals surface area contributed by atoms with E-state index in [1.54, 1.807) is 13.0 Å². The van der Waals surface area contributed by atoms with Gasteiger partial charge in [0.1, 0.15) is 0 Å². The Labute approximate surface area is 134 Å². The van der Waals surface area contributed by atoms with Crippen molar-refractivity contribution in [2.45, 2.75) is 19.8 Å². The molecule has 0 saturated heterocycles. The molecule has 1 aromatic carbocycles. The number of benzene rings is 1. The SMILES string of the molecule is C/C(CC(=O)NCCc1ccccc1)=N/NC(=O)c1ccco1. The van der Waals surface area contributed by atoms with Gasteiger partial charge in [-0.3, -0.25) is 9.59 Å². The van der Waals surface area contributed by atoms with Crippen molar-refractivity contribution in [1.82, 2.24) is 10.7 Å². The molecule has 0 saturated carbocycles. The van der Waals surface area contributed by atoms with E-state index in [2.05, 4.69) is 15.8 Å². The van der Waals surface area contributed by atoms with Gasteiger partial charge in [-0.2, -0.15) is 5.10 Å². The second-order valence-corrected chi connectivity index (χ2v) is 5.03. The first-order valence-corrected chi connectivity index (χ1v) is 7.33. The Morgan fingerprint density at radius 3 is 2.61 bits per heavy atom. The summed E-state index contributed by atoms with van der Waals surface area (Å²) in [4.78, 5) is 23.4. The molecule has 0 aliphatic heterocycles. The number of carbonyl (C=O) groups is 2. The first kappa shape index (κ1) is 16.5. The molecule has 6 heteroatoms. The molecule has 0 aliphatic rings. The predicted molar refractivity (Wildman–Crippen MR) is 87.1 cm³/mol. The van der Waals surface area contributed by atoms with Crippen LogP contribution >= 0.6 is 0 Å². The second kappa shape index (κ2) is 8.53. The molecule has 0 atom stereocenters. The number of hydrazone groups is 1. The van der Waals surface area contributed by atoms with Crippen LogP contribution in [0.4, 0.5) is 0 Å². The predicted octanol–water partition coefficient (Wildman–Crippen LogP) is 2.13. The minimum absolute atomic E-state index is 0.130. The molecule has 6 nitrogen and oxygen atoms in total. The van der Waals surface area contributed by atoms with E-state index in [1.165, 1.54) is 17.9 Å². The Kier molecular flexibility index (Phi) is 6.11. The maximum atomic E-state index is 11.8. The Balaban J connectivity index is 1.69. The molecule has 2 N–H and O–H groups in total. The van der Waals surface area contributed by atoms with Crippen molar-refractivity contribution >= 4 is 17.5 Å². The second-order valence-electron chi connectivity index (χ2n) is 5.03. The Morgan fingerprint density at radius 2 is 1.91 bits per heavy atom. The summed E-state index contributed by atoms with van der Waals surface area (Å²) in [6.07, 6.45) is 2.32. The third-order valence-corrected chi connectivity index (χ3v) is 3.09. The molecule has 0 unspecified atom stereocenters. The van der Waals surface area contributed by atoms with Gasteiger partial charge in [0.25, 0.3) is 0 Å². The van der Waals surface area contributed by atoms with Gasteiger partial charge in [-0.15, -0.1) is 0 Å². The van der Waals surface area contributed by atoms with Gasteiger partial charge >= 0.3 is 5.91 Å². The molecule has 2 rings (SSSR count). The third kappa shape index (κ3) is 5.78. The summed E-state index contributed by atoms with van der Waals surface area (Å²) < 4.78 is 4.94. The van der Waals surface area contributed by atoms with Gasteiger partial charge in [0.2, 0.25) is 5.91 Å². The van der Waals surface area contributed by atoms with E-state index in [1.807, 2.05) is 30.3 Å². The zero-order valence-corrected chi connectivity index (χ0v) is 12.9. The van der Waals surface area contributed by atoms with Gasteiger partial charge in [-0.05, 0) is 31.0 Å². The van der Waals surface area contributed by atoms with Crippen molar-refractivity contribution in [3.05, 3.63) is 60.1 Å². The number of nitrogens with zero attached hydrogens (tertiary/aromatic N) is 1. The maximum Gasteiger partial charge on any atom is 0.307 e. The normalized spacial score (nSPS) is 11.1. The number of hydrogen-bond acceptors (Lipinski definition) is 4. The Bertz CT molecular complexity index is 664. The minimum atomic E-state index is -0.446. The molecule has 0 radical (unpaired) electrons. The van der Waals surface area contributed by atoms with Gasteiger partial charge in [-0.1, -0.05) is 30.3 Å². The third-order valence-electron chi connectivity index (χ3n) is 3.09. The number of furan rings is 1. The fourth-order valence-electron chi connectivity index (χ4n) is 1.93. The summed E-state index contributed by atoms with van der Waals surface area (Å²) in [5.74, 6) is -0.401. The van der Waals surface area contributed by atoms with E-state index in [-0.39, 0.29) is 18.1 Å². The van der Waals surface area contributed by atoms with E-state index >= 15 is 0 Å². The zero-order chi connectivity index (χ0) is 16.5. The van der Waals surface area contributed by atoms with Gasteiger partial charge < -0.3 is 9.73 Å². The van der Waals surface area contributed by atoms with Crippen molar-refractivity contribution in [1.29, 1.82) is 0 Å². The average Bonchev–Trinajstić information content (AvgIpc) is 3.08. The lowest BCUT2D eigenvalue weighted by Gasteiger charge is -2.05. The quantitative estimate of drug-likeness (QED) is 0.607. The summed E-state index contributed by atoms with van der Waals surface area (Å²) in [6.45, 7) is 2.24. The summed E-state index contributed by atoms with van der Waals surface area (Å²) in [5, 5.41) is 6.71. The molecule has 120 valence electrons. The molecule has 2 amide bonds. The Morgan fingerprint density at radius 1 is 1.13 bits per heavy atom. The molecule has 1 aromatic heterocycles. The molecular weight excluding hydrogens is 294 g/mol. The van der Waals surface area contributed by atoms with E-state index in [0.717, 1.165) is 6.42 Å². The van der Waals surface area contributed by atoms with Crippen molar-refractivity contribution in [3.8, 4) is 0 Å². The van der Waals surface area contributed by atoms with E-state index in [4.69, 9.17) is 4.42 Å². The van der Waals surface area contributed by atoms with Gasteiger partial charge in [0, 0.05) is 12.3 Å². The van der Waals surface area contributed by atoms with E-state index in [9.17, 15) is 9.59 Å². The summed E-state index contributed by atoms with van der Waals surface area (Å²) in [5.41, 5.74) is 4.03. The van der Waals surface area contributed by atoms with Crippen molar-refractivity contribution < 1.29 is 14.0 Å². The fourth-order valence-corrected chi connectivity index (χ4v) is 1.93. The van der Waals surface area contributed by atoms with E-state index < -0.39 is 5.91 Å². The van der Waals surface area contributed by atoms with Crippen LogP contribution in [0.15, 0.2) is 58.2 Å². The lowest BCUT2D eigenvalue weighted by molar-refractivity contribution is -0.119. The smallest absolute Gasteiger partial charge is 0.307 e. The van der Waals surface area contributed by atoms with Crippen LogP contribution in [-0.4, -0.2) is 24.1 Å². The van der Waals surface area contributed by atoms with Crippen LogP contribution in [0.25, 0.3) is 0 Å². The summed E-state index contributed by atoms with van der Waals surface area (Å²) >= 11 is 0. The van der Waals surface area contributed by atoms with Crippen LogP contribution in [0.1, 0.15) is 29.5 Å². The molecule has 23 heavy (non-hydrogen) atoms. The zero-order valence-electron chi connectivity index (χ0n) is 12.9. The molecule has 1 heterocycles. The molecule has 0 bridgehead atoms. The first-order valence-electron chi connectivity index (χ1n) is 7.33. The number of carbonyl (C=O) groups excluding carboxylic acids is 2. The highest BCUT2D eigenvalue weighted by Gasteiger charge is 2.08. The number of amides is 2. The number of hydrogen-bond donors (Lipinski definition) is 2. The van der Waals surface area contributed by atoms with Gasteiger partial charge in [-0.25, -0.2) is 5.43 Å². The molecule has 0 spiro atoms. The molecule has 0 fully saturated rings. The number of rotatable bonds is 7. The molecule has 0 aliphatic carbocycles. The van der Waals surface area contributed by atoms with Crippen LogP contribution in [0.3, 0.4) is 0 Å². The van der Waals surface area contributed by atoms with Crippen LogP contribution in [0.5, 0.6) is 0 Å². The highest BCUT2D eigenvalue weighted by molar-refractivity contribution is 6.00. The largest absolute Gasteiger partial charge is 0.459 e. The first-order chi connectivity index (χ1) is 11.1. The highest BCUT2D eigenvalue weighted by atomic mass is 16.3. The fraction of sp³-hybridized carbons (Fsp3) is 0.235. The molecule has 2 aromatic rings. The lowest BCUT2D eigenvalue weighted by Crippen LogP contribution is -2.28. The lowest BCUT2D eigenvalue weighted by atomic mass is 10.1. The van der Waals surface area contributed by atoms with Crippen molar-refractivity contribution in [2.24, 2.45) is 5.10 Å². The average molecular weight is 313 g/mol. The maximum absolute atomic E-state index is 11.8. The minimum Gasteiger partial charge on any atom is -0.459 e. The number of nitrogens with one attached hydrogen (secondary N) is 2. The standard InChI is InChI=1S/C17H19N3O3/c1-13(19-20-17(22)15-8-5-11-23-15)12-16(21)18-10-9-14-6-3-2-4-7-14/h2-8,11H,9-10,12H2,1H3,(H,18,21)(H,20,22)/b19-13-. The van der Waals surface area contributed by atoms with Gasteiger partial charge in [0.15, 0.2) is 5.76 Å². The monoisotopic (exact) mass is 313 g/mol. The van der Waals surface area contributed by atoms with E-state index in [0.29, 0.717) is 12.3 Å². The van der Waals surface area contributed by atoms with Crippen LogP contribution in [0, 0.1) is 0 Å². The van der Waals surface area contributed by atoms with Crippen molar-refractivity contribution in [2.75, 3.05) is 6.54 Å². The van der Waals surface area contributed by atoms with Crippen LogP contribution < -0.4 is 10.7 Å². The van der Waals surface area contributed by atoms with Crippen molar-refractivity contribution in [3.63, 3.8) is 0 Å². The summed E-state index contributed by atoms with van der Waals surface area (Å²) in [6, 6.07) is 13.1. The topological polar surface area (TPSA) is 83.7 Å². The van der Waals surface area contributed by atoms with Crippen LogP contribution in [0.2, 0.25) is 0 Å². The van der Waals surface area contributed by atoms with Gasteiger partial charge in [0.05, 0.1) is 12.7 Å². The molecular formula is C17H19N3O3. The Hall–Kier alpha value is -2.89. The highest BCUT2D eigenvalue weighted by Crippen LogP contribution is 2.00. The summed E-state index contributed by atoms with van der Waals surface area (Å²) in [7, 11) is 0.